The molecule has 114 valence electrons. The summed E-state index contributed by atoms with van der Waals surface area (Å²) in [6.45, 7) is 5.80. The Morgan fingerprint density at radius 2 is 1.75 bits per heavy atom. The minimum Gasteiger partial charge on any atom is -0.491 e. The Labute approximate surface area is 120 Å². The van der Waals surface area contributed by atoms with Crippen molar-refractivity contribution in [2.75, 3.05) is 26.4 Å². The highest BCUT2D eigenvalue weighted by Crippen LogP contribution is 2.10. The molecule has 0 aromatic heterocycles. The molecular formula is C15H25NO4. The Bertz CT molecular complexity index is 365. The van der Waals surface area contributed by atoms with Gasteiger partial charge < -0.3 is 20.4 Å². The molecule has 0 aliphatic heterocycles. The zero-order valence-corrected chi connectivity index (χ0v) is 12.4. The van der Waals surface area contributed by atoms with Crippen molar-refractivity contribution in [3.05, 3.63) is 29.8 Å². The number of hydrogen-bond acceptors (Lipinski definition) is 5. The highest BCUT2D eigenvalue weighted by Gasteiger charge is 2.01. The predicted octanol–water partition coefficient (Wildman–Crippen LogP) is 2.90. The molecule has 0 bridgehead atoms. The van der Waals surface area contributed by atoms with E-state index in [1.807, 2.05) is 38.1 Å². The van der Waals surface area contributed by atoms with Crippen LogP contribution in [0.5, 0.6) is 5.75 Å². The predicted molar refractivity (Wildman–Crippen MR) is 78.4 cm³/mol. The van der Waals surface area contributed by atoms with Crippen LogP contribution in [0, 0.1) is 6.92 Å². The maximum Gasteiger partial charge on any atom is 0.308 e. The summed E-state index contributed by atoms with van der Waals surface area (Å²) in [5, 5.41) is 0. The first kappa shape index (κ1) is 18.4. The van der Waals surface area contributed by atoms with Crippen LogP contribution >= 0.6 is 0 Å². The van der Waals surface area contributed by atoms with Crippen LogP contribution in [-0.2, 0) is 14.3 Å². The summed E-state index contributed by atoms with van der Waals surface area (Å²) >= 11 is 0. The van der Waals surface area contributed by atoms with Crippen LogP contribution in [0.1, 0.15) is 25.3 Å². The fraction of sp³-hybridized carbons (Fsp3) is 0.533. The first-order chi connectivity index (χ1) is 9.22. The maximum atomic E-state index is 11.2. The second-order valence-corrected chi connectivity index (χ2v) is 4.24. The summed E-state index contributed by atoms with van der Waals surface area (Å²) < 4.78 is 15.7. The van der Waals surface area contributed by atoms with Crippen LogP contribution in [0.3, 0.4) is 0 Å². The number of rotatable bonds is 9. The van der Waals surface area contributed by atoms with Crippen molar-refractivity contribution in [2.24, 2.45) is 0 Å². The number of esters is 1. The molecule has 5 nitrogen and oxygen atoms in total. The Kier molecular flexibility index (Phi) is 10.4. The van der Waals surface area contributed by atoms with E-state index in [9.17, 15) is 4.79 Å². The van der Waals surface area contributed by atoms with E-state index in [4.69, 9.17) is 14.2 Å². The lowest BCUT2D eigenvalue weighted by Crippen LogP contribution is -2.12. The monoisotopic (exact) mass is 283 g/mol. The molecule has 0 amide bonds. The van der Waals surface area contributed by atoms with Gasteiger partial charge in [-0.05, 0) is 25.5 Å². The first-order valence-electron chi connectivity index (χ1n) is 6.65. The lowest BCUT2D eigenvalue weighted by Gasteiger charge is -2.07. The molecule has 1 aromatic carbocycles. The fourth-order valence-electron chi connectivity index (χ4n) is 1.40. The van der Waals surface area contributed by atoms with E-state index in [2.05, 4.69) is 0 Å². The van der Waals surface area contributed by atoms with E-state index in [1.165, 1.54) is 5.56 Å². The van der Waals surface area contributed by atoms with Crippen molar-refractivity contribution in [1.29, 1.82) is 0 Å². The second kappa shape index (κ2) is 11.3. The third-order valence-electron chi connectivity index (χ3n) is 2.44. The third kappa shape index (κ3) is 8.50. The number of carbonyl (C=O) groups is 1. The number of benzene rings is 1. The molecule has 3 N–H and O–H groups in total. The fourth-order valence-corrected chi connectivity index (χ4v) is 1.40. The zero-order chi connectivity index (χ0) is 13.9. The Balaban J connectivity index is 0.00000361. The highest BCUT2D eigenvalue weighted by molar-refractivity contribution is 5.69. The summed E-state index contributed by atoms with van der Waals surface area (Å²) in [7, 11) is 0. The van der Waals surface area contributed by atoms with Crippen LogP contribution < -0.4 is 10.9 Å². The van der Waals surface area contributed by atoms with Crippen LogP contribution in [0.2, 0.25) is 0 Å². The van der Waals surface area contributed by atoms with Crippen molar-refractivity contribution in [1.82, 2.24) is 6.15 Å². The van der Waals surface area contributed by atoms with Crippen LogP contribution in [0.25, 0.3) is 0 Å². The summed E-state index contributed by atoms with van der Waals surface area (Å²) in [4.78, 5) is 11.2. The quantitative estimate of drug-likeness (QED) is 0.557. The van der Waals surface area contributed by atoms with Gasteiger partial charge in [-0.15, -0.1) is 0 Å². The van der Waals surface area contributed by atoms with E-state index >= 15 is 0 Å². The van der Waals surface area contributed by atoms with Gasteiger partial charge in [-0.25, -0.2) is 0 Å². The molecule has 0 fully saturated rings. The molecule has 0 unspecified atom stereocenters. The molecule has 0 radical (unpaired) electrons. The molecule has 0 aliphatic rings. The normalized spacial score (nSPS) is 9.70. The van der Waals surface area contributed by atoms with Gasteiger partial charge in [0.1, 0.15) is 12.4 Å². The number of carbonyl (C=O) groups excluding carboxylic acids is 1. The van der Waals surface area contributed by atoms with Crippen LogP contribution in [-0.4, -0.2) is 32.4 Å². The summed E-state index contributed by atoms with van der Waals surface area (Å²) in [6.07, 6.45) is 1.14. The van der Waals surface area contributed by atoms with Gasteiger partial charge in [0.05, 0.1) is 26.2 Å². The van der Waals surface area contributed by atoms with Crippen LogP contribution in [0.15, 0.2) is 24.3 Å². The number of hydrogen-bond donors (Lipinski definition) is 1. The Hall–Kier alpha value is -1.59. The van der Waals surface area contributed by atoms with Crippen molar-refractivity contribution in [3.63, 3.8) is 0 Å². The van der Waals surface area contributed by atoms with Gasteiger partial charge in [-0.2, -0.15) is 0 Å². The summed E-state index contributed by atoms with van der Waals surface area (Å²) in [5.41, 5.74) is 1.20. The third-order valence-corrected chi connectivity index (χ3v) is 2.44. The standard InChI is InChI=1S/C15H22O4.H3N/c1-3-9-19-15(16)8-10-17-11-12-18-14-6-4-13(2)5-7-14;/h4-7H,3,8-12H2,1-2H3;1H3. The van der Waals surface area contributed by atoms with E-state index in [1.54, 1.807) is 0 Å². The topological polar surface area (TPSA) is 79.8 Å². The van der Waals surface area contributed by atoms with Crippen molar-refractivity contribution >= 4 is 5.97 Å². The van der Waals surface area contributed by atoms with E-state index < -0.39 is 0 Å². The molecule has 20 heavy (non-hydrogen) atoms. The minimum absolute atomic E-state index is 0. The molecule has 0 heterocycles. The van der Waals surface area contributed by atoms with Gasteiger partial charge in [-0.1, -0.05) is 24.6 Å². The lowest BCUT2D eigenvalue weighted by atomic mass is 10.2. The Morgan fingerprint density at radius 3 is 2.40 bits per heavy atom. The molecule has 0 saturated heterocycles. The van der Waals surface area contributed by atoms with Gasteiger partial charge in [-0.3, -0.25) is 4.79 Å². The van der Waals surface area contributed by atoms with Crippen LogP contribution in [0.4, 0.5) is 0 Å². The zero-order valence-electron chi connectivity index (χ0n) is 12.4. The van der Waals surface area contributed by atoms with Gasteiger partial charge in [0.2, 0.25) is 0 Å². The largest absolute Gasteiger partial charge is 0.491 e. The van der Waals surface area contributed by atoms with Crippen molar-refractivity contribution < 1.29 is 19.0 Å². The summed E-state index contributed by atoms with van der Waals surface area (Å²) in [5.74, 6) is 0.623. The smallest absolute Gasteiger partial charge is 0.308 e. The molecule has 0 aliphatic carbocycles. The molecule has 0 saturated carbocycles. The first-order valence-corrected chi connectivity index (χ1v) is 6.65. The van der Waals surface area contributed by atoms with Gasteiger partial charge in [0.25, 0.3) is 0 Å². The molecule has 1 aromatic rings. The van der Waals surface area contributed by atoms with E-state index in [0.29, 0.717) is 32.8 Å². The van der Waals surface area contributed by atoms with Crippen molar-refractivity contribution in [2.45, 2.75) is 26.7 Å². The SMILES string of the molecule is CCCOC(=O)CCOCCOc1ccc(C)cc1.N. The maximum absolute atomic E-state index is 11.2. The van der Waals surface area contributed by atoms with Gasteiger partial charge in [0.15, 0.2) is 0 Å². The number of ether oxygens (including phenoxy) is 3. The summed E-state index contributed by atoms with van der Waals surface area (Å²) in [6, 6.07) is 7.86. The molecule has 5 heteroatoms. The molecule has 0 atom stereocenters. The lowest BCUT2D eigenvalue weighted by molar-refractivity contribution is -0.144. The van der Waals surface area contributed by atoms with Crippen molar-refractivity contribution in [3.8, 4) is 5.75 Å². The average Bonchev–Trinajstić information content (AvgIpc) is 2.42. The second-order valence-electron chi connectivity index (χ2n) is 4.24. The van der Waals surface area contributed by atoms with Gasteiger partial charge >= 0.3 is 5.97 Å². The van der Waals surface area contributed by atoms with E-state index in [0.717, 1.165) is 12.2 Å². The minimum atomic E-state index is -0.207. The average molecular weight is 283 g/mol. The van der Waals surface area contributed by atoms with Gasteiger partial charge in [0, 0.05) is 0 Å². The Morgan fingerprint density at radius 1 is 1.05 bits per heavy atom. The number of aryl methyl sites for hydroxylation is 1. The molecular weight excluding hydrogens is 258 g/mol. The molecule has 0 spiro atoms. The van der Waals surface area contributed by atoms with E-state index in [-0.39, 0.29) is 12.1 Å². The molecule has 1 rings (SSSR count). The highest BCUT2D eigenvalue weighted by atomic mass is 16.5.